The highest BCUT2D eigenvalue weighted by Gasteiger charge is 2.30. The van der Waals surface area contributed by atoms with Crippen molar-refractivity contribution < 1.29 is 24.2 Å². The fourth-order valence-electron chi connectivity index (χ4n) is 3.91. The van der Waals surface area contributed by atoms with Gasteiger partial charge >= 0.3 is 12.1 Å². The predicted octanol–water partition coefficient (Wildman–Crippen LogP) is 3.92. The SMILES string of the molecule is CC(C)(C)CCC(NC(=O)OCC1c2ccccc2-c2ccccc21)C(=O)NCC(=O)O. The van der Waals surface area contributed by atoms with E-state index in [9.17, 15) is 14.4 Å². The molecule has 1 aliphatic rings. The highest BCUT2D eigenvalue weighted by atomic mass is 16.5. The van der Waals surface area contributed by atoms with Gasteiger partial charge in [0.2, 0.25) is 5.91 Å². The second-order valence-electron chi connectivity index (χ2n) is 9.23. The number of hydrogen-bond acceptors (Lipinski definition) is 4. The van der Waals surface area contributed by atoms with Crippen LogP contribution in [0.1, 0.15) is 50.7 Å². The molecule has 0 heterocycles. The third kappa shape index (κ3) is 5.87. The van der Waals surface area contributed by atoms with Crippen LogP contribution in [-0.4, -0.2) is 42.3 Å². The Morgan fingerprint density at radius 1 is 1.00 bits per heavy atom. The summed E-state index contributed by atoms with van der Waals surface area (Å²) in [7, 11) is 0. The molecule has 0 aliphatic heterocycles. The number of alkyl carbamates (subject to hydrolysis) is 1. The quantitative estimate of drug-likeness (QED) is 0.579. The van der Waals surface area contributed by atoms with Gasteiger partial charge in [-0.3, -0.25) is 9.59 Å². The Hall–Kier alpha value is -3.35. The van der Waals surface area contributed by atoms with E-state index in [0.717, 1.165) is 22.3 Å². The first-order valence-corrected chi connectivity index (χ1v) is 10.8. The molecule has 3 rings (SSSR count). The van der Waals surface area contributed by atoms with Gasteiger partial charge in [-0.05, 0) is 40.5 Å². The molecule has 0 radical (unpaired) electrons. The van der Waals surface area contributed by atoms with Crippen molar-refractivity contribution in [1.29, 1.82) is 0 Å². The first-order valence-electron chi connectivity index (χ1n) is 10.8. The van der Waals surface area contributed by atoms with Crippen molar-refractivity contribution in [3.8, 4) is 11.1 Å². The van der Waals surface area contributed by atoms with E-state index in [-0.39, 0.29) is 17.9 Å². The number of carbonyl (C=O) groups is 3. The zero-order chi connectivity index (χ0) is 23.3. The Kier molecular flexibility index (Phi) is 7.18. The van der Waals surface area contributed by atoms with E-state index in [0.29, 0.717) is 12.8 Å². The maximum absolute atomic E-state index is 12.6. The van der Waals surface area contributed by atoms with Crippen LogP contribution in [0.3, 0.4) is 0 Å². The molecule has 1 atom stereocenters. The number of benzene rings is 2. The van der Waals surface area contributed by atoms with Crippen molar-refractivity contribution in [1.82, 2.24) is 10.6 Å². The van der Waals surface area contributed by atoms with Crippen molar-refractivity contribution in [3.05, 3.63) is 59.7 Å². The van der Waals surface area contributed by atoms with Crippen LogP contribution in [0.25, 0.3) is 11.1 Å². The maximum atomic E-state index is 12.6. The van der Waals surface area contributed by atoms with Crippen molar-refractivity contribution in [3.63, 3.8) is 0 Å². The average Bonchev–Trinajstić information content (AvgIpc) is 3.06. The van der Waals surface area contributed by atoms with Crippen LogP contribution in [0.5, 0.6) is 0 Å². The van der Waals surface area contributed by atoms with Gasteiger partial charge in [-0.1, -0.05) is 69.3 Å². The summed E-state index contributed by atoms with van der Waals surface area (Å²) in [5, 5.41) is 13.8. The molecule has 0 saturated heterocycles. The van der Waals surface area contributed by atoms with Crippen molar-refractivity contribution in [2.24, 2.45) is 5.41 Å². The predicted molar refractivity (Wildman–Crippen MR) is 121 cm³/mol. The molecule has 32 heavy (non-hydrogen) atoms. The molecule has 3 N–H and O–H groups in total. The average molecular weight is 439 g/mol. The second kappa shape index (κ2) is 9.85. The number of aliphatic carboxylic acids is 1. The molecule has 0 saturated carbocycles. The van der Waals surface area contributed by atoms with Gasteiger partial charge in [-0.25, -0.2) is 4.79 Å². The molecule has 7 nitrogen and oxygen atoms in total. The highest BCUT2D eigenvalue weighted by Crippen LogP contribution is 2.44. The Labute approximate surface area is 188 Å². The fraction of sp³-hybridized carbons (Fsp3) is 0.400. The summed E-state index contributed by atoms with van der Waals surface area (Å²) in [5.41, 5.74) is 4.42. The summed E-state index contributed by atoms with van der Waals surface area (Å²) < 4.78 is 5.53. The molecule has 0 fully saturated rings. The van der Waals surface area contributed by atoms with Gasteiger partial charge in [0, 0.05) is 5.92 Å². The summed E-state index contributed by atoms with van der Waals surface area (Å²) in [4.78, 5) is 35.8. The number of carboxylic acid groups (broad SMARTS) is 1. The van der Waals surface area contributed by atoms with Crippen LogP contribution in [0.15, 0.2) is 48.5 Å². The molecule has 2 amide bonds. The summed E-state index contributed by atoms with van der Waals surface area (Å²) in [5.74, 6) is -1.76. The van der Waals surface area contributed by atoms with Crippen molar-refractivity contribution in [2.45, 2.75) is 45.6 Å². The van der Waals surface area contributed by atoms with E-state index in [1.165, 1.54) is 0 Å². The lowest BCUT2D eigenvalue weighted by atomic mass is 9.88. The molecule has 170 valence electrons. The number of ether oxygens (including phenoxy) is 1. The molecule has 1 aliphatic carbocycles. The Morgan fingerprint density at radius 2 is 1.56 bits per heavy atom. The summed E-state index contributed by atoms with van der Waals surface area (Å²) in [6.07, 6.45) is 0.345. The molecule has 7 heteroatoms. The normalized spacial score (nSPS) is 13.6. The van der Waals surface area contributed by atoms with E-state index in [2.05, 4.69) is 22.8 Å². The van der Waals surface area contributed by atoms with Crippen LogP contribution in [0.2, 0.25) is 0 Å². The van der Waals surface area contributed by atoms with E-state index in [1.54, 1.807) is 0 Å². The number of fused-ring (bicyclic) bond motifs is 3. The lowest BCUT2D eigenvalue weighted by Gasteiger charge is -2.23. The van der Waals surface area contributed by atoms with E-state index in [4.69, 9.17) is 9.84 Å². The Bertz CT molecular complexity index is 950. The van der Waals surface area contributed by atoms with E-state index < -0.39 is 30.6 Å². The molecule has 0 aromatic heterocycles. The first-order chi connectivity index (χ1) is 15.2. The van der Waals surface area contributed by atoms with Gasteiger partial charge in [-0.15, -0.1) is 0 Å². The largest absolute Gasteiger partial charge is 0.480 e. The van der Waals surface area contributed by atoms with Gasteiger partial charge in [0.25, 0.3) is 0 Å². The molecule has 2 aromatic rings. The van der Waals surface area contributed by atoms with Gasteiger partial charge in [-0.2, -0.15) is 0 Å². The van der Waals surface area contributed by atoms with Crippen LogP contribution >= 0.6 is 0 Å². The zero-order valence-electron chi connectivity index (χ0n) is 18.7. The Morgan fingerprint density at radius 3 is 2.09 bits per heavy atom. The highest BCUT2D eigenvalue weighted by molar-refractivity contribution is 5.88. The minimum Gasteiger partial charge on any atom is -0.480 e. The number of rotatable bonds is 8. The van der Waals surface area contributed by atoms with Gasteiger partial charge in [0.15, 0.2) is 0 Å². The monoisotopic (exact) mass is 438 g/mol. The van der Waals surface area contributed by atoms with Crippen LogP contribution < -0.4 is 10.6 Å². The lowest BCUT2D eigenvalue weighted by Crippen LogP contribution is -2.48. The maximum Gasteiger partial charge on any atom is 0.407 e. The van der Waals surface area contributed by atoms with Crippen LogP contribution in [0.4, 0.5) is 4.79 Å². The Balaban J connectivity index is 1.66. The van der Waals surface area contributed by atoms with Crippen molar-refractivity contribution in [2.75, 3.05) is 13.2 Å². The third-order valence-electron chi connectivity index (χ3n) is 5.55. The third-order valence-corrected chi connectivity index (χ3v) is 5.55. The molecule has 0 bridgehead atoms. The number of amides is 2. The van der Waals surface area contributed by atoms with Gasteiger partial charge in [0.05, 0.1) is 0 Å². The van der Waals surface area contributed by atoms with Gasteiger partial charge in [0.1, 0.15) is 19.2 Å². The first kappa shape index (κ1) is 23.3. The molecular formula is C25H30N2O5. The number of carbonyl (C=O) groups excluding carboxylic acids is 2. The zero-order valence-corrected chi connectivity index (χ0v) is 18.7. The summed E-state index contributed by atoms with van der Waals surface area (Å²) in [6, 6.07) is 15.2. The minimum atomic E-state index is -1.14. The minimum absolute atomic E-state index is 0.0474. The van der Waals surface area contributed by atoms with E-state index >= 15 is 0 Å². The topological polar surface area (TPSA) is 105 Å². The molecular weight excluding hydrogens is 408 g/mol. The smallest absolute Gasteiger partial charge is 0.407 e. The molecule has 1 unspecified atom stereocenters. The number of carboxylic acids is 1. The summed E-state index contributed by atoms with van der Waals surface area (Å²) >= 11 is 0. The molecule has 0 spiro atoms. The number of nitrogens with one attached hydrogen (secondary N) is 2. The molecule has 2 aromatic carbocycles. The summed E-state index contributed by atoms with van der Waals surface area (Å²) in [6.45, 7) is 5.74. The second-order valence-corrected chi connectivity index (χ2v) is 9.23. The van der Waals surface area contributed by atoms with Crippen molar-refractivity contribution >= 4 is 18.0 Å². The number of hydrogen-bond donors (Lipinski definition) is 3. The van der Waals surface area contributed by atoms with Crippen LogP contribution in [0, 0.1) is 5.41 Å². The standard InChI is InChI=1S/C25H30N2O5/c1-25(2,3)13-12-21(23(30)26-14-22(28)29)27-24(31)32-15-20-18-10-6-4-8-16(18)17-9-5-7-11-19(17)20/h4-11,20-21H,12-15H2,1-3H3,(H,26,30)(H,27,31)(H,28,29). The van der Waals surface area contributed by atoms with Gasteiger partial charge < -0.3 is 20.5 Å². The van der Waals surface area contributed by atoms with E-state index in [1.807, 2.05) is 57.2 Å². The lowest BCUT2D eigenvalue weighted by molar-refractivity contribution is -0.138. The van der Waals surface area contributed by atoms with Crippen LogP contribution in [-0.2, 0) is 14.3 Å². The fourth-order valence-corrected chi connectivity index (χ4v) is 3.91.